The Labute approximate surface area is 96.2 Å². The van der Waals surface area contributed by atoms with Crippen LogP contribution in [0.1, 0.15) is 12.0 Å². The van der Waals surface area contributed by atoms with Crippen molar-refractivity contribution in [3.8, 4) is 0 Å². The smallest absolute Gasteiger partial charge is 0.212 e. The van der Waals surface area contributed by atoms with Crippen molar-refractivity contribution in [2.24, 2.45) is 0 Å². The molecule has 0 amide bonds. The van der Waals surface area contributed by atoms with Crippen LogP contribution in [-0.2, 0) is 16.6 Å². The minimum Gasteiger partial charge on any atom is -0.399 e. The Balaban J connectivity index is 2.54. The molecule has 1 aromatic rings. The summed E-state index contributed by atoms with van der Waals surface area (Å²) in [5.74, 6) is 0.0683. The van der Waals surface area contributed by atoms with Crippen molar-refractivity contribution < 1.29 is 8.42 Å². The lowest BCUT2D eigenvalue weighted by atomic mass is 10.2. The molecule has 0 aliphatic heterocycles. The molecule has 0 heterocycles. The van der Waals surface area contributed by atoms with E-state index in [1.807, 2.05) is 6.07 Å². The van der Waals surface area contributed by atoms with Gasteiger partial charge in [0.05, 0.1) is 5.75 Å². The second kappa shape index (κ2) is 5.67. The second-order valence-corrected chi connectivity index (χ2v) is 5.39. The van der Waals surface area contributed by atoms with Crippen LogP contribution in [0.4, 0.5) is 5.69 Å². The van der Waals surface area contributed by atoms with Crippen molar-refractivity contribution in [2.75, 3.05) is 11.5 Å². The molecule has 16 heavy (non-hydrogen) atoms. The summed E-state index contributed by atoms with van der Waals surface area (Å²) in [6.07, 6.45) is 2.03. The van der Waals surface area contributed by atoms with Crippen LogP contribution < -0.4 is 10.5 Å². The van der Waals surface area contributed by atoms with Crippen LogP contribution in [0, 0.1) is 0 Å². The van der Waals surface area contributed by atoms with Gasteiger partial charge in [-0.1, -0.05) is 18.2 Å². The van der Waals surface area contributed by atoms with E-state index in [-0.39, 0.29) is 12.3 Å². The number of rotatable bonds is 6. The summed E-state index contributed by atoms with van der Waals surface area (Å²) in [5.41, 5.74) is 7.06. The molecule has 0 fully saturated rings. The highest BCUT2D eigenvalue weighted by atomic mass is 32.2. The van der Waals surface area contributed by atoms with Gasteiger partial charge < -0.3 is 5.73 Å². The highest BCUT2D eigenvalue weighted by Gasteiger charge is 2.08. The molecule has 4 nitrogen and oxygen atoms in total. The standard InChI is InChI=1S/C11H16N2O2S/c1-2-3-7-16(14,15)13-9-10-5-4-6-11(12)8-10/h2,4-6,8,13H,1,3,7,9,12H2. The fourth-order valence-corrected chi connectivity index (χ4v) is 2.21. The molecule has 0 bridgehead atoms. The Morgan fingerprint density at radius 3 is 2.81 bits per heavy atom. The maximum Gasteiger partial charge on any atom is 0.212 e. The maximum absolute atomic E-state index is 11.5. The third-order valence-corrected chi connectivity index (χ3v) is 3.40. The zero-order chi connectivity index (χ0) is 12.0. The Morgan fingerprint density at radius 1 is 1.44 bits per heavy atom. The minimum atomic E-state index is -3.22. The van der Waals surface area contributed by atoms with Crippen LogP contribution in [0.25, 0.3) is 0 Å². The van der Waals surface area contributed by atoms with Gasteiger partial charge >= 0.3 is 0 Å². The molecule has 0 saturated heterocycles. The van der Waals surface area contributed by atoms with E-state index in [4.69, 9.17) is 5.73 Å². The predicted molar refractivity (Wildman–Crippen MR) is 66.3 cm³/mol. The zero-order valence-electron chi connectivity index (χ0n) is 9.02. The van der Waals surface area contributed by atoms with Gasteiger partial charge in [0.15, 0.2) is 0 Å². The second-order valence-electron chi connectivity index (χ2n) is 3.46. The van der Waals surface area contributed by atoms with E-state index in [0.29, 0.717) is 12.1 Å². The first-order valence-electron chi connectivity index (χ1n) is 4.96. The predicted octanol–water partition coefficient (Wildman–Crippen LogP) is 1.26. The lowest BCUT2D eigenvalue weighted by molar-refractivity contribution is 0.581. The van der Waals surface area contributed by atoms with E-state index in [0.717, 1.165) is 5.56 Å². The highest BCUT2D eigenvalue weighted by molar-refractivity contribution is 7.89. The summed E-state index contributed by atoms with van der Waals surface area (Å²) in [4.78, 5) is 0. The molecule has 0 saturated carbocycles. The van der Waals surface area contributed by atoms with E-state index in [1.54, 1.807) is 24.3 Å². The Hall–Kier alpha value is -1.33. The molecule has 0 spiro atoms. The summed E-state index contributed by atoms with van der Waals surface area (Å²) in [6.45, 7) is 3.75. The first kappa shape index (κ1) is 12.7. The van der Waals surface area contributed by atoms with Gasteiger partial charge in [0.25, 0.3) is 0 Å². The number of benzene rings is 1. The van der Waals surface area contributed by atoms with Crippen molar-refractivity contribution in [3.05, 3.63) is 42.5 Å². The van der Waals surface area contributed by atoms with Crippen LogP contribution in [0.2, 0.25) is 0 Å². The van der Waals surface area contributed by atoms with E-state index >= 15 is 0 Å². The average Bonchev–Trinajstić information content (AvgIpc) is 2.24. The maximum atomic E-state index is 11.5. The quantitative estimate of drug-likeness (QED) is 0.581. The molecule has 0 aliphatic rings. The summed E-state index contributed by atoms with van der Waals surface area (Å²) in [7, 11) is -3.22. The van der Waals surface area contributed by atoms with Crippen molar-refractivity contribution in [3.63, 3.8) is 0 Å². The molecule has 1 aromatic carbocycles. The lowest BCUT2D eigenvalue weighted by Crippen LogP contribution is -2.25. The molecule has 0 aromatic heterocycles. The third kappa shape index (κ3) is 4.46. The van der Waals surface area contributed by atoms with Crippen LogP contribution in [0.15, 0.2) is 36.9 Å². The first-order chi connectivity index (χ1) is 7.53. The molecule has 3 N–H and O–H groups in total. The van der Waals surface area contributed by atoms with Crippen molar-refractivity contribution in [1.29, 1.82) is 0 Å². The van der Waals surface area contributed by atoms with Gasteiger partial charge in [-0.3, -0.25) is 0 Å². The van der Waals surface area contributed by atoms with Gasteiger partial charge in [0.1, 0.15) is 0 Å². The molecular weight excluding hydrogens is 224 g/mol. The van der Waals surface area contributed by atoms with Crippen molar-refractivity contribution in [1.82, 2.24) is 4.72 Å². The molecule has 0 aliphatic carbocycles. The number of nitrogens with two attached hydrogens (primary N) is 1. The zero-order valence-corrected chi connectivity index (χ0v) is 9.83. The van der Waals surface area contributed by atoms with Gasteiger partial charge in [0, 0.05) is 12.2 Å². The fraction of sp³-hybridized carbons (Fsp3) is 0.273. The fourth-order valence-electron chi connectivity index (χ4n) is 1.21. The molecule has 0 radical (unpaired) electrons. The molecule has 88 valence electrons. The number of allylic oxidation sites excluding steroid dienone is 1. The number of hydrogen-bond acceptors (Lipinski definition) is 3. The van der Waals surface area contributed by atoms with Crippen molar-refractivity contribution in [2.45, 2.75) is 13.0 Å². The number of sulfonamides is 1. The Kier molecular flexibility index (Phi) is 4.52. The van der Waals surface area contributed by atoms with Crippen LogP contribution >= 0.6 is 0 Å². The summed E-state index contributed by atoms with van der Waals surface area (Å²) in [5, 5.41) is 0. The van der Waals surface area contributed by atoms with Gasteiger partial charge in [0.2, 0.25) is 10.0 Å². The Morgan fingerprint density at radius 2 is 2.19 bits per heavy atom. The summed E-state index contributed by atoms with van der Waals surface area (Å²) < 4.78 is 25.4. The SMILES string of the molecule is C=CCCS(=O)(=O)NCc1cccc(N)c1. The van der Waals surface area contributed by atoms with Gasteiger partial charge in [-0.05, 0) is 24.1 Å². The Bertz CT molecular complexity index is 455. The number of hydrogen-bond donors (Lipinski definition) is 2. The van der Waals surface area contributed by atoms with Crippen LogP contribution in [0.3, 0.4) is 0 Å². The first-order valence-corrected chi connectivity index (χ1v) is 6.61. The van der Waals surface area contributed by atoms with Crippen LogP contribution in [0.5, 0.6) is 0 Å². The highest BCUT2D eigenvalue weighted by Crippen LogP contribution is 2.06. The lowest BCUT2D eigenvalue weighted by Gasteiger charge is -2.06. The monoisotopic (exact) mass is 240 g/mol. The number of anilines is 1. The average molecular weight is 240 g/mol. The molecular formula is C11H16N2O2S. The van der Waals surface area contributed by atoms with E-state index < -0.39 is 10.0 Å². The minimum absolute atomic E-state index is 0.0683. The third-order valence-electron chi connectivity index (χ3n) is 2.04. The topological polar surface area (TPSA) is 72.2 Å². The van der Waals surface area contributed by atoms with Gasteiger partial charge in [-0.25, -0.2) is 13.1 Å². The number of nitrogen functional groups attached to an aromatic ring is 1. The molecule has 0 unspecified atom stereocenters. The van der Waals surface area contributed by atoms with E-state index in [1.165, 1.54) is 0 Å². The number of nitrogens with one attached hydrogen (secondary N) is 1. The molecule has 5 heteroatoms. The summed E-state index contributed by atoms with van der Waals surface area (Å²) in [6, 6.07) is 7.13. The largest absolute Gasteiger partial charge is 0.399 e. The van der Waals surface area contributed by atoms with Gasteiger partial charge in [-0.15, -0.1) is 6.58 Å². The summed E-state index contributed by atoms with van der Waals surface area (Å²) >= 11 is 0. The normalized spacial score (nSPS) is 11.2. The van der Waals surface area contributed by atoms with Gasteiger partial charge in [-0.2, -0.15) is 0 Å². The van der Waals surface area contributed by atoms with E-state index in [2.05, 4.69) is 11.3 Å². The molecule has 0 atom stereocenters. The van der Waals surface area contributed by atoms with Crippen molar-refractivity contribution >= 4 is 15.7 Å². The van der Waals surface area contributed by atoms with Crippen LogP contribution in [-0.4, -0.2) is 14.2 Å². The molecule has 1 rings (SSSR count). The van der Waals surface area contributed by atoms with E-state index in [9.17, 15) is 8.42 Å².